The topological polar surface area (TPSA) is 53.1 Å². The molecule has 0 spiro atoms. The van der Waals surface area contributed by atoms with Crippen LogP contribution in [0.3, 0.4) is 0 Å². The minimum Gasteiger partial charge on any atom is -0.383 e. The van der Waals surface area contributed by atoms with Crippen molar-refractivity contribution in [1.82, 2.24) is 9.78 Å². The highest BCUT2D eigenvalue weighted by atomic mass is 19.1. The molecule has 1 aromatic heterocycles. The smallest absolute Gasteiger partial charge is 0.132 e. The van der Waals surface area contributed by atoms with Gasteiger partial charge in [-0.05, 0) is 17.7 Å². The van der Waals surface area contributed by atoms with Gasteiger partial charge in [-0.15, -0.1) is 0 Å². The Morgan fingerprint density at radius 1 is 1.33 bits per heavy atom. The molecule has 0 atom stereocenters. The Kier molecular flexibility index (Phi) is 3.29. The Bertz CT molecular complexity index is 558. The van der Waals surface area contributed by atoms with Crippen LogP contribution in [-0.2, 0) is 18.4 Å². The van der Waals surface area contributed by atoms with Gasteiger partial charge in [0.15, 0.2) is 0 Å². The Hall–Kier alpha value is -1.95. The van der Waals surface area contributed by atoms with Gasteiger partial charge >= 0.3 is 0 Å². The summed E-state index contributed by atoms with van der Waals surface area (Å²) in [6, 6.07) is 2.45. The highest BCUT2D eigenvalue weighted by Gasteiger charge is 2.14. The molecule has 96 valence electrons. The van der Waals surface area contributed by atoms with Crippen molar-refractivity contribution in [3.63, 3.8) is 0 Å². The molecule has 0 unspecified atom stereocenters. The number of hydrogen-bond acceptors (Lipinski definition) is 3. The maximum atomic E-state index is 13.7. The van der Waals surface area contributed by atoms with Gasteiger partial charge in [0, 0.05) is 25.3 Å². The molecule has 0 bridgehead atoms. The van der Waals surface area contributed by atoms with Crippen molar-refractivity contribution in [1.29, 1.82) is 0 Å². The maximum Gasteiger partial charge on any atom is 0.132 e. The molecule has 0 aliphatic heterocycles. The fraction of sp³-hybridized carbons (Fsp3) is 0.250. The Balaban J connectivity index is 2.51. The van der Waals surface area contributed by atoms with Crippen molar-refractivity contribution in [2.45, 2.75) is 6.61 Å². The first-order valence-electron chi connectivity index (χ1n) is 5.29. The highest BCUT2D eigenvalue weighted by Crippen LogP contribution is 2.28. The number of anilines is 1. The molecule has 2 N–H and O–H groups in total. The van der Waals surface area contributed by atoms with E-state index in [1.807, 2.05) is 0 Å². The zero-order chi connectivity index (χ0) is 13.3. The maximum absolute atomic E-state index is 13.7. The summed E-state index contributed by atoms with van der Waals surface area (Å²) in [7, 11) is 3.04. The number of aryl methyl sites for hydroxylation is 1. The number of halogens is 2. The molecule has 0 amide bonds. The number of methoxy groups -OCH3 is 1. The molecule has 0 radical (unpaired) electrons. The largest absolute Gasteiger partial charge is 0.383 e. The quantitative estimate of drug-likeness (QED) is 0.911. The second-order valence-electron chi connectivity index (χ2n) is 3.92. The van der Waals surface area contributed by atoms with E-state index in [2.05, 4.69) is 5.10 Å². The Morgan fingerprint density at radius 2 is 1.94 bits per heavy atom. The standard InChI is InChI=1S/C12H13F2N3O/c1-17-12(15)8(5-16-17)7-3-10(13)9(6-18-2)11(14)4-7/h3-5H,6,15H2,1-2H3. The van der Waals surface area contributed by atoms with E-state index < -0.39 is 11.6 Å². The molecular weight excluding hydrogens is 240 g/mol. The normalized spacial score (nSPS) is 10.9. The first-order valence-corrected chi connectivity index (χ1v) is 5.29. The third-order valence-electron chi connectivity index (χ3n) is 2.73. The van der Waals surface area contributed by atoms with E-state index in [-0.39, 0.29) is 12.2 Å². The molecule has 0 fully saturated rings. The van der Waals surface area contributed by atoms with Crippen LogP contribution in [0.1, 0.15) is 5.56 Å². The molecular formula is C12H13F2N3O. The lowest BCUT2D eigenvalue weighted by Crippen LogP contribution is -2.00. The van der Waals surface area contributed by atoms with Crippen molar-refractivity contribution >= 4 is 5.82 Å². The first kappa shape index (κ1) is 12.5. The van der Waals surface area contributed by atoms with Gasteiger partial charge < -0.3 is 10.5 Å². The van der Waals surface area contributed by atoms with E-state index in [9.17, 15) is 8.78 Å². The van der Waals surface area contributed by atoms with Crippen LogP contribution in [0.5, 0.6) is 0 Å². The third-order valence-corrected chi connectivity index (χ3v) is 2.73. The summed E-state index contributed by atoms with van der Waals surface area (Å²) in [4.78, 5) is 0. The van der Waals surface area contributed by atoms with E-state index in [4.69, 9.17) is 10.5 Å². The molecule has 0 aliphatic carbocycles. The lowest BCUT2D eigenvalue weighted by molar-refractivity contribution is 0.177. The van der Waals surface area contributed by atoms with E-state index in [0.29, 0.717) is 16.9 Å². The molecule has 1 aromatic carbocycles. The van der Waals surface area contributed by atoms with Crippen LogP contribution in [0, 0.1) is 11.6 Å². The molecule has 0 aliphatic rings. The molecule has 0 saturated heterocycles. The summed E-state index contributed by atoms with van der Waals surface area (Å²) >= 11 is 0. The van der Waals surface area contributed by atoms with Gasteiger partial charge in [-0.2, -0.15) is 5.10 Å². The van der Waals surface area contributed by atoms with E-state index in [0.717, 1.165) is 0 Å². The third kappa shape index (κ3) is 2.06. The summed E-state index contributed by atoms with van der Waals surface area (Å²) in [5.41, 5.74) is 6.52. The second kappa shape index (κ2) is 4.73. The second-order valence-corrected chi connectivity index (χ2v) is 3.92. The van der Waals surface area contributed by atoms with Crippen LogP contribution in [0.25, 0.3) is 11.1 Å². The van der Waals surface area contributed by atoms with E-state index in [1.165, 1.54) is 30.1 Å². The number of hydrogen-bond donors (Lipinski definition) is 1. The average Bonchev–Trinajstić information content (AvgIpc) is 2.65. The number of benzene rings is 1. The molecule has 6 heteroatoms. The number of ether oxygens (including phenoxy) is 1. The molecule has 18 heavy (non-hydrogen) atoms. The lowest BCUT2D eigenvalue weighted by Gasteiger charge is -2.07. The summed E-state index contributed by atoms with van der Waals surface area (Å²) in [5.74, 6) is -0.960. The van der Waals surface area contributed by atoms with Crippen LogP contribution in [0.15, 0.2) is 18.3 Å². The summed E-state index contributed by atoms with van der Waals surface area (Å²) in [6.07, 6.45) is 1.47. The van der Waals surface area contributed by atoms with Crippen LogP contribution in [-0.4, -0.2) is 16.9 Å². The van der Waals surface area contributed by atoms with Gasteiger partial charge in [0.25, 0.3) is 0 Å². The van der Waals surface area contributed by atoms with Gasteiger partial charge in [-0.25, -0.2) is 8.78 Å². The summed E-state index contributed by atoms with van der Waals surface area (Å²) < 4.78 is 33.6. The molecule has 2 rings (SSSR count). The van der Waals surface area contributed by atoms with Crippen molar-refractivity contribution in [3.8, 4) is 11.1 Å². The number of nitrogens with zero attached hydrogens (tertiary/aromatic N) is 2. The van der Waals surface area contributed by atoms with Crippen molar-refractivity contribution in [3.05, 3.63) is 35.5 Å². The molecule has 2 aromatic rings. The highest BCUT2D eigenvalue weighted by molar-refractivity contribution is 5.73. The Labute approximate surface area is 103 Å². The van der Waals surface area contributed by atoms with Gasteiger partial charge in [-0.3, -0.25) is 4.68 Å². The van der Waals surface area contributed by atoms with E-state index >= 15 is 0 Å². The fourth-order valence-corrected chi connectivity index (χ4v) is 1.71. The van der Waals surface area contributed by atoms with Crippen molar-refractivity contribution in [2.24, 2.45) is 7.05 Å². The Morgan fingerprint density at radius 3 is 2.39 bits per heavy atom. The lowest BCUT2D eigenvalue weighted by atomic mass is 10.1. The van der Waals surface area contributed by atoms with Gasteiger partial charge in [-0.1, -0.05) is 0 Å². The summed E-state index contributed by atoms with van der Waals surface area (Å²) in [5, 5.41) is 3.93. The van der Waals surface area contributed by atoms with Crippen molar-refractivity contribution in [2.75, 3.05) is 12.8 Å². The van der Waals surface area contributed by atoms with Gasteiger partial charge in [0.1, 0.15) is 17.5 Å². The number of aromatic nitrogens is 2. The van der Waals surface area contributed by atoms with Crippen LogP contribution in [0.2, 0.25) is 0 Å². The van der Waals surface area contributed by atoms with Crippen LogP contribution in [0.4, 0.5) is 14.6 Å². The minimum atomic E-state index is -0.657. The monoisotopic (exact) mass is 253 g/mol. The average molecular weight is 253 g/mol. The first-order chi connectivity index (χ1) is 8.54. The summed E-state index contributed by atoms with van der Waals surface area (Å²) in [6.45, 7) is -0.111. The van der Waals surface area contributed by atoms with Crippen LogP contribution >= 0.6 is 0 Å². The zero-order valence-electron chi connectivity index (χ0n) is 10.1. The number of nitrogen functional groups attached to an aromatic ring is 1. The fourth-order valence-electron chi connectivity index (χ4n) is 1.71. The van der Waals surface area contributed by atoms with Gasteiger partial charge in [0.05, 0.1) is 12.8 Å². The predicted molar refractivity (Wildman–Crippen MR) is 63.7 cm³/mol. The number of rotatable bonds is 3. The number of nitrogens with two attached hydrogens (primary N) is 1. The van der Waals surface area contributed by atoms with E-state index in [1.54, 1.807) is 7.05 Å². The SMILES string of the molecule is COCc1c(F)cc(-c2cnn(C)c2N)cc1F. The minimum absolute atomic E-state index is 0.0938. The van der Waals surface area contributed by atoms with Gasteiger partial charge in [0.2, 0.25) is 0 Å². The molecule has 0 saturated carbocycles. The van der Waals surface area contributed by atoms with Crippen molar-refractivity contribution < 1.29 is 13.5 Å². The molecule has 4 nitrogen and oxygen atoms in total. The predicted octanol–water partition coefficient (Wildman–Crippen LogP) is 2.09. The molecule has 1 heterocycles. The zero-order valence-corrected chi connectivity index (χ0v) is 10.1. The van der Waals surface area contributed by atoms with Crippen LogP contribution < -0.4 is 5.73 Å².